The van der Waals surface area contributed by atoms with Crippen LogP contribution in [0.4, 0.5) is 5.69 Å². The number of carboxylic acid groups (broad SMARTS) is 1. The van der Waals surface area contributed by atoms with Gasteiger partial charge in [-0.25, -0.2) is 4.79 Å². The van der Waals surface area contributed by atoms with Crippen LogP contribution in [0.15, 0.2) is 36.4 Å². The van der Waals surface area contributed by atoms with Crippen LogP contribution in [0.3, 0.4) is 0 Å². The Kier molecular flexibility index (Phi) is 7.52. The summed E-state index contributed by atoms with van der Waals surface area (Å²) in [5.74, 6) is -1.81. The topological polar surface area (TPSA) is 74.7 Å². The molecule has 1 aromatic heterocycles. The highest BCUT2D eigenvalue weighted by atomic mass is 32.1. The van der Waals surface area contributed by atoms with Gasteiger partial charge in [-0.2, -0.15) is 0 Å². The number of thiophene rings is 1. The number of nitrogens with zero attached hydrogens (tertiary/aromatic N) is 1. The lowest BCUT2D eigenvalue weighted by atomic mass is 9.97. The van der Waals surface area contributed by atoms with Gasteiger partial charge in [-0.1, -0.05) is 44.2 Å². The first kappa shape index (κ1) is 21.8. The smallest absolute Gasteiger partial charge is 0.348 e. The molecule has 1 unspecified atom stereocenters. The van der Waals surface area contributed by atoms with E-state index in [1.807, 2.05) is 58.0 Å². The van der Waals surface area contributed by atoms with Crippen molar-refractivity contribution in [2.75, 3.05) is 4.90 Å². The predicted molar refractivity (Wildman–Crippen MR) is 113 cm³/mol. The van der Waals surface area contributed by atoms with Crippen LogP contribution in [-0.4, -0.2) is 29.3 Å². The normalized spacial score (nSPS) is 12.2. The van der Waals surface area contributed by atoms with E-state index in [0.717, 1.165) is 28.2 Å². The number of aromatic carboxylic acids is 1. The molecule has 0 saturated heterocycles. The van der Waals surface area contributed by atoms with Gasteiger partial charge in [0.15, 0.2) is 0 Å². The molecule has 28 heavy (non-hydrogen) atoms. The van der Waals surface area contributed by atoms with E-state index in [1.165, 1.54) is 4.90 Å². The molecule has 0 aliphatic rings. The van der Waals surface area contributed by atoms with E-state index in [1.54, 1.807) is 6.07 Å². The Hall–Kier alpha value is -2.47. The standard InChI is InChI=1S/C22H27NO4S/c1-14(2)10-11-17(13-24)21(25)23(15(3)4)18-12-19(28-20(18)22(26)27)16-8-6-5-7-9-16/h5-9,12-15,17H,10-11H2,1-4H3,(H,26,27). The van der Waals surface area contributed by atoms with Gasteiger partial charge in [0.1, 0.15) is 11.2 Å². The molecule has 0 bridgehead atoms. The van der Waals surface area contributed by atoms with E-state index in [4.69, 9.17) is 0 Å². The van der Waals surface area contributed by atoms with Crippen LogP contribution in [0.5, 0.6) is 0 Å². The summed E-state index contributed by atoms with van der Waals surface area (Å²) >= 11 is 1.14. The molecule has 0 aliphatic heterocycles. The third-order valence-electron chi connectivity index (χ3n) is 4.51. The highest BCUT2D eigenvalue weighted by molar-refractivity contribution is 7.18. The van der Waals surface area contributed by atoms with Crippen LogP contribution in [0.2, 0.25) is 0 Å². The number of hydrogen-bond acceptors (Lipinski definition) is 4. The second kappa shape index (κ2) is 9.64. The molecule has 2 rings (SSSR count). The molecule has 1 atom stereocenters. The van der Waals surface area contributed by atoms with E-state index < -0.39 is 11.9 Å². The monoisotopic (exact) mass is 401 g/mol. The Bertz CT molecular complexity index is 826. The number of anilines is 1. The molecule has 0 radical (unpaired) electrons. The Morgan fingerprint density at radius 2 is 1.75 bits per heavy atom. The molecule has 0 aliphatic carbocycles. The van der Waals surface area contributed by atoms with Crippen LogP contribution in [0.25, 0.3) is 10.4 Å². The number of aldehydes is 1. The zero-order valence-corrected chi connectivity index (χ0v) is 17.5. The Morgan fingerprint density at radius 3 is 2.25 bits per heavy atom. The minimum Gasteiger partial charge on any atom is -0.477 e. The molecule has 150 valence electrons. The number of carboxylic acids is 1. The first-order valence-corrected chi connectivity index (χ1v) is 10.3. The summed E-state index contributed by atoms with van der Waals surface area (Å²) in [7, 11) is 0. The maximum absolute atomic E-state index is 13.2. The highest BCUT2D eigenvalue weighted by Gasteiger charge is 2.31. The van der Waals surface area contributed by atoms with Gasteiger partial charge in [0.05, 0.1) is 11.6 Å². The van der Waals surface area contributed by atoms with Gasteiger partial charge < -0.3 is 14.8 Å². The van der Waals surface area contributed by atoms with Crippen molar-refractivity contribution in [3.05, 3.63) is 41.3 Å². The van der Waals surface area contributed by atoms with E-state index in [-0.39, 0.29) is 16.8 Å². The van der Waals surface area contributed by atoms with Crippen molar-refractivity contribution >= 4 is 35.2 Å². The van der Waals surface area contributed by atoms with Crippen LogP contribution >= 0.6 is 11.3 Å². The molecule has 1 amide bonds. The van der Waals surface area contributed by atoms with Crippen molar-refractivity contribution in [1.82, 2.24) is 0 Å². The number of carbonyl (C=O) groups excluding carboxylic acids is 2. The fourth-order valence-corrected chi connectivity index (χ4v) is 4.04. The summed E-state index contributed by atoms with van der Waals surface area (Å²) < 4.78 is 0. The Labute approximate surface area is 170 Å². The minimum absolute atomic E-state index is 0.106. The molecular weight excluding hydrogens is 374 g/mol. The molecule has 0 saturated carbocycles. The lowest BCUT2D eigenvalue weighted by molar-refractivity contribution is -0.127. The van der Waals surface area contributed by atoms with Gasteiger partial charge in [-0.3, -0.25) is 4.79 Å². The quantitative estimate of drug-likeness (QED) is 0.468. The second-order valence-electron chi connectivity index (χ2n) is 7.51. The highest BCUT2D eigenvalue weighted by Crippen LogP contribution is 2.38. The van der Waals surface area contributed by atoms with Crippen molar-refractivity contribution in [1.29, 1.82) is 0 Å². The lowest BCUT2D eigenvalue weighted by Gasteiger charge is -2.29. The molecule has 2 aromatic rings. The van der Waals surface area contributed by atoms with Crippen molar-refractivity contribution in [2.24, 2.45) is 11.8 Å². The van der Waals surface area contributed by atoms with Gasteiger partial charge in [-0.05, 0) is 44.2 Å². The van der Waals surface area contributed by atoms with Crippen LogP contribution in [0, 0.1) is 11.8 Å². The number of amides is 1. The average molecular weight is 402 g/mol. The van der Waals surface area contributed by atoms with Crippen molar-refractivity contribution in [2.45, 2.75) is 46.6 Å². The number of benzene rings is 1. The summed E-state index contributed by atoms with van der Waals surface area (Å²) in [4.78, 5) is 39.0. The molecule has 5 nitrogen and oxygen atoms in total. The molecule has 1 heterocycles. The van der Waals surface area contributed by atoms with E-state index >= 15 is 0 Å². The first-order valence-electron chi connectivity index (χ1n) is 9.47. The summed E-state index contributed by atoms with van der Waals surface area (Å²) in [5.41, 5.74) is 1.25. The lowest BCUT2D eigenvalue weighted by Crippen LogP contribution is -2.42. The summed E-state index contributed by atoms with van der Waals surface area (Å²) in [6.07, 6.45) is 1.90. The summed E-state index contributed by atoms with van der Waals surface area (Å²) in [5, 5.41) is 9.71. The zero-order chi connectivity index (χ0) is 20.8. The summed E-state index contributed by atoms with van der Waals surface area (Å²) in [6, 6.07) is 10.9. The fourth-order valence-electron chi connectivity index (χ4n) is 3.05. The molecule has 6 heteroatoms. The van der Waals surface area contributed by atoms with Gasteiger partial charge in [0.25, 0.3) is 0 Å². The maximum atomic E-state index is 13.2. The number of carbonyl (C=O) groups is 3. The first-order chi connectivity index (χ1) is 13.3. The molecule has 0 spiro atoms. The Morgan fingerprint density at radius 1 is 1.11 bits per heavy atom. The van der Waals surface area contributed by atoms with Gasteiger partial charge >= 0.3 is 5.97 Å². The number of hydrogen-bond donors (Lipinski definition) is 1. The largest absolute Gasteiger partial charge is 0.477 e. The zero-order valence-electron chi connectivity index (χ0n) is 16.7. The van der Waals surface area contributed by atoms with Gasteiger partial charge in [0.2, 0.25) is 5.91 Å². The van der Waals surface area contributed by atoms with Crippen LogP contribution in [-0.2, 0) is 9.59 Å². The minimum atomic E-state index is -1.08. The van der Waals surface area contributed by atoms with Crippen molar-refractivity contribution in [3.63, 3.8) is 0 Å². The predicted octanol–water partition coefficient (Wildman–Crippen LogP) is 5.11. The van der Waals surface area contributed by atoms with Gasteiger partial charge in [-0.15, -0.1) is 11.3 Å². The summed E-state index contributed by atoms with van der Waals surface area (Å²) in [6.45, 7) is 7.74. The molecule has 1 N–H and O–H groups in total. The molecular formula is C22H27NO4S. The third-order valence-corrected chi connectivity index (χ3v) is 5.68. The molecule has 1 aromatic carbocycles. The van der Waals surface area contributed by atoms with E-state index in [9.17, 15) is 19.5 Å². The number of rotatable bonds is 9. The average Bonchev–Trinajstić information content (AvgIpc) is 3.07. The molecule has 0 fully saturated rings. The van der Waals surface area contributed by atoms with Crippen molar-refractivity contribution < 1.29 is 19.5 Å². The maximum Gasteiger partial charge on any atom is 0.348 e. The second-order valence-corrected chi connectivity index (χ2v) is 8.56. The van der Waals surface area contributed by atoms with E-state index in [2.05, 4.69) is 0 Å². The third kappa shape index (κ3) is 5.07. The van der Waals surface area contributed by atoms with E-state index in [0.29, 0.717) is 24.3 Å². The van der Waals surface area contributed by atoms with Crippen molar-refractivity contribution in [3.8, 4) is 10.4 Å². The fraction of sp³-hybridized carbons (Fsp3) is 0.409. The SMILES string of the molecule is CC(C)CCC(C=O)C(=O)N(c1cc(-c2ccccc2)sc1C(=O)O)C(C)C. The van der Waals surface area contributed by atoms with Gasteiger partial charge in [0, 0.05) is 10.9 Å². The Balaban J connectivity index is 2.47. The van der Waals surface area contributed by atoms with Crippen LogP contribution < -0.4 is 4.90 Å². The van der Waals surface area contributed by atoms with Crippen LogP contribution in [0.1, 0.15) is 50.2 Å².